The van der Waals surface area contributed by atoms with Gasteiger partial charge in [0.25, 0.3) is 0 Å². The van der Waals surface area contributed by atoms with Crippen molar-refractivity contribution in [3.63, 3.8) is 0 Å². The van der Waals surface area contributed by atoms with Crippen molar-refractivity contribution in [2.24, 2.45) is 0 Å². The van der Waals surface area contributed by atoms with Crippen LogP contribution in [-0.2, 0) is 35.2 Å². The Kier molecular flexibility index (Phi) is 11.5. The number of carbonyl (C=O) groups is 6. The molecule has 1 aromatic carbocycles. The van der Waals surface area contributed by atoms with Crippen LogP contribution in [0, 0.1) is 0 Å². The van der Waals surface area contributed by atoms with Crippen LogP contribution >= 0.6 is 0 Å². The van der Waals surface area contributed by atoms with E-state index < -0.39 is 72.6 Å². The van der Waals surface area contributed by atoms with E-state index in [0.717, 1.165) is 6.42 Å². The lowest BCUT2D eigenvalue weighted by Crippen LogP contribution is -2.57. The summed E-state index contributed by atoms with van der Waals surface area (Å²) in [5, 5.41) is 37.6. The summed E-state index contributed by atoms with van der Waals surface area (Å²) >= 11 is 0. The molecule has 1 saturated heterocycles. The molecule has 1 aromatic rings. The summed E-state index contributed by atoms with van der Waals surface area (Å²) in [4.78, 5) is 72.3. The molecule has 1 aliphatic heterocycles. The SMILES string of the molecule is O=C(O)CCC(NC(=O)C(Cc1ccccc1)NC(=O)C(CCC(=O)O)NC(=O)C1CCCN1)C(=O)O. The molecule has 13 nitrogen and oxygen atoms in total. The molecule has 2 rings (SSSR count). The van der Waals surface area contributed by atoms with Crippen LogP contribution in [0.2, 0.25) is 0 Å². The summed E-state index contributed by atoms with van der Waals surface area (Å²) in [6, 6.07) is 4.01. The number of carboxylic acid groups (broad SMARTS) is 3. The second-order valence-electron chi connectivity index (χ2n) is 8.73. The molecule has 0 saturated carbocycles. The average Bonchev–Trinajstić information content (AvgIpc) is 3.39. The van der Waals surface area contributed by atoms with Gasteiger partial charge in [-0.3, -0.25) is 24.0 Å². The number of hydrogen-bond donors (Lipinski definition) is 7. The first-order valence-corrected chi connectivity index (χ1v) is 11.9. The topological polar surface area (TPSA) is 211 Å². The van der Waals surface area contributed by atoms with Crippen molar-refractivity contribution in [1.82, 2.24) is 21.3 Å². The number of amides is 3. The fraction of sp³-hybridized carbons (Fsp3) is 0.500. The maximum Gasteiger partial charge on any atom is 0.326 e. The summed E-state index contributed by atoms with van der Waals surface area (Å²) in [6.45, 7) is 0.635. The molecule has 202 valence electrons. The highest BCUT2D eigenvalue weighted by Gasteiger charge is 2.32. The maximum atomic E-state index is 13.1. The predicted octanol–water partition coefficient (Wildman–Crippen LogP) is -0.750. The second kappa shape index (κ2) is 14.5. The molecule has 0 aromatic heterocycles. The zero-order valence-electron chi connectivity index (χ0n) is 20.1. The van der Waals surface area contributed by atoms with E-state index in [0.29, 0.717) is 18.5 Å². The van der Waals surface area contributed by atoms with Gasteiger partial charge in [0.05, 0.1) is 6.04 Å². The molecule has 7 N–H and O–H groups in total. The Bertz CT molecular complexity index is 980. The quantitative estimate of drug-likeness (QED) is 0.154. The molecular formula is C24H32N4O9. The van der Waals surface area contributed by atoms with Gasteiger partial charge in [0, 0.05) is 19.3 Å². The van der Waals surface area contributed by atoms with Crippen molar-refractivity contribution < 1.29 is 44.1 Å². The lowest BCUT2D eigenvalue weighted by molar-refractivity contribution is -0.143. The highest BCUT2D eigenvalue weighted by Crippen LogP contribution is 2.09. The molecule has 1 heterocycles. The Morgan fingerprint density at radius 1 is 0.811 bits per heavy atom. The molecule has 4 atom stereocenters. The minimum Gasteiger partial charge on any atom is -0.481 e. The van der Waals surface area contributed by atoms with E-state index in [1.807, 2.05) is 0 Å². The van der Waals surface area contributed by atoms with Gasteiger partial charge in [-0.05, 0) is 37.8 Å². The van der Waals surface area contributed by atoms with Gasteiger partial charge in [0.15, 0.2) is 0 Å². The largest absolute Gasteiger partial charge is 0.481 e. The van der Waals surface area contributed by atoms with Crippen LogP contribution in [0.15, 0.2) is 30.3 Å². The molecule has 1 aliphatic rings. The lowest BCUT2D eigenvalue weighted by Gasteiger charge is -2.25. The molecule has 3 amide bonds. The number of carboxylic acids is 3. The predicted molar refractivity (Wildman–Crippen MR) is 128 cm³/mol. The Labute approximate surface area is 213 Å². The zero-order chi connectivity index (χ0) is 27.4. The summed E-state index contributed by atoms with van der Waals surface area (Å²) < 4.78 is 0. The molecule has 37 heavy (non-hydrogen) atoms. The number of nitrogens with one attached hydrogen (secondary N) is 4. The molecule has 0 spiro atoms. The maximum absolute atomic E-state index is 13.1. The van der Waals surface area contributed by atoms with E-state index in [4.69, 9.17) is 10.2 Å². The minimum absolute atomic E-state index is 0.0343. The van der Waals surface area contributed by atoms with Crippen molar-refractivity contribution in [2.75, 3.05) is 6.54 Å². The number of aliphatic carboxylic acids is 3. The van der Waals surface area contributed by atoms with Gasteiger partial charge >= 0.3 is 17.9 Å². The second-order valence-corrected chi connectivity index (χ2v) is 8.73. The van der Waals surface area contributed by atoms with Crippen LogP contribution in [0.3, 0.4) is 0 Å². The summed E-state index contributed by atoms with van der Waals surface area (Å²) in [6.07, 6.45) is -0.202. The van der Waals surface area contributed by atoms with Crippen LogP contribution < -0.4 is 21.3 Å². The normalized spacial score (nSPS) is 17.1. The van der Waals surface area contributed by atoms with Gasteiger partial charge < -0.3 is 36.6 Å². The number of benzene rings is 1. The van der Waals surface area contributed by atoms with Crippen LogP contribution in [0.5, 0.6) is 0 Å². The van der Waals surface area contributed by atoms with Gasteiger partial charge in [-0.25, -0.2) is 4.79 Å². The third-order valence-electron chi connectivity index (χ3n) is 5.83. The van der Waals surface area contributed by atoms with Gasteiger partial charge in [0.2, 0.25) is 17.7 Å². The smallest absolute Gasteiger partial charge is 0.326 e. The average molecular weight is 521 g/mol. The summed E-state index contributed by atoms with van der Waals surface area (Å²) in [5.74, 6) is -5.98. The highest BCUT2D eigenvalue weighted by atomic mass is 16.4. The van der Waals surface area contributed by atoms with Crippen molar-refractivity contribution in [3.05, 3.63) is 35.9 Å². The summed E-state index contributed by atoms with van der Waals surface area (Å²) in [5.41, 5.74) is 0.640. The van der Waals surface area contributed by atoms with Crippen LogP contribution in [-0.4, -0.2) is 81.7 Å². The first-order valence-electron chi connectivity index (χ1n) is 11.9. The number of hydrogen-bond acceptors (Lipinski definition) is 7. The standard InChI is InChI=1S/C24H32N4O9/c29-19(30)10-8-16(26-21(33)15-7-4-12-25-15)22(34)28-18(13-14-5-2-1-3-6-14)23(35)27-17(24(36)37)9-11-20(31)32/h1-3,5-6,15-18,25H,4,7-13H2,(H,26,33)(H,27,35)(H,28,34)(H,29,30)(H,31,32)(H,36,37). The van der Waals surface area contributed by atoms with Gasteiger partial charge in [0.1, 0.15) is 18.1 Å². The third-order valence-corrected chi connectivity index (χ3v) is 5.83. The van der Waals surface area contributed by atoms with Crippen LogP contribution in [0.1, 0.15) is 44.1 Å². The zero-order valence-corrected chi connectivity index (χ0v) is 20.1. The van der Waals surface area contributed by atoms with E-state index in [1.54, 1.807) is 30.3 Å². The first kappa shape index (κ1) is 29.2. The van der Waals surface area contributed by atoms with E-state index in [9.17, 15) is 33.9 Å². The number of rotatable bonds is 15. The molecule has 0 bridgehead atoms. The Morgan fingerprint density at radius 2 is 1.38 bits per heavy atom. The fourth-order valence-corrected chi connectivity index (χ4v) is 3.85. The van der Waals surface area contributed by atoms with E-state index in [2.05, 4.69) is 21.3 Å². The third kappa shape index (κ3) is 10.3. The minimum atomic E-state index is -1.50. The van der Waals surface area contributed by atoms with Crippen molar-refractivity contribution in [3.8, 4) is 0 Å². The summed E-state index contributed by atoms with van der Waals surface area (Å²) in [7, 11) is 0. The van der Waals surface area contributed by atoms with Crippen molar-refractivity contribution in [2.45, 2.75) is 69.1 Å². The molecule has 0 aliphatic carbocycles. The Morgan fingerprint density at radius 3 is 1.92 bits per heavy atom. The first-order chi connectivity index (χ1) is 17.6. The fourth-order valence-electron chi connectivity index (χ4n) is 3.85. The van der Waals surface area contributed by atoms with Crippen molar-refractivity contribution in [1.29, 1.82) is 0 Å². The molecule has 13 heteroatoms. The molecule has 4 unspecified atom stereocenters. The van der Waals surface area contributed by atoms with E-state index in [1.165, 1.54) is 0 Å². The van der Waals surface area contributed by atoms with E-state index in [-0.39, 0.29) is 19.3 Å². The Hall–Kier alpha value is -4.00. The Balaban J connectivity index is 2.20. The van der Waals surface area contributed by atoms with Gasteiger partial charge in [-0.1, -0.05) is 30.3 Å². The van der Waals surface area contributed by atoms with Gasteiger partial charge in [-0.15, -0.1) is 0 Å². The van der Waals surface area contributed by atoms with E-state index >= 15 is 0 Å². The van der Waals surface area contributed by atoms with Crippen molar-refractivity contribution >= 4 is 35.6 Å². The van der Waals surface area contributed by atoms with Crippen LogP contribution in [0.25, 0.3) is 0 Å². The number of carbonyl (C=O) groups excluding carboxylic acids is 3. The monoisotopic (exact) mass is 520 g/mol. The van der Waals surface area contributed by atoms with Gasteiger partial charge in [-0.2, -0.15) is 0 Å². The molecular weight excluding hydrogens is 488 g/mol. The highest BCUT2D eigenvalue weighted by molar-refractivity contribution is 5.94. The van der Waals surface area contributed by atoms with Crippen LogP contribution in [0.4, 0.5) is 0 Å². The molecule has 0 radical (unpaired) electrons. The lowest BCUT2D eigenvalue weighted by atomic mass is 10.0. The molecule has 1 fully saturated rings.